The Morgan fingerprint density at radius 1 is 1.20 bits per heavy atom. The fourth-order valence-corrected chi connectivity index (χ4v) is 2.27. The molecule has 2 rings (SSSR count). The molecule has 0 spiro atoms. The van der Waals surface area contributed by atoms with Gasteiger partial charge >= 0.3 is 0 Å². The quantitative estimate of drug-likeness (QED) is 0.802. The molecule has 0 aromatic heterocycles. The smallest absolute Gasteiger partial charge is 0.254 e. The lowest BCUT2D eigenvalue weighted by Crippen LogP contribution is -2.36. The summed E-state index contributed by atoms with van der Waals surface area (Å²) in [6, 6.07) is 5.74. The molecule has 0 bridgehead atoms. The maximum absolute atomic E-state index is 12.7. The molecule has 110 valence electrons. The Bertz CT molecular complexity index is 458. The molecule has 0 atom stereocenters. The van der Waals surface area contributed by atoms with Gasteiger partial charge in [0.25, 0.3) is 5.91 Å². The number of carbonyl (C=O) groups is 1. The second kappa shape index (κ2) is 6.16. The SMILES string of the molecule is COc1cc(OC)cc(C(=O)N(CC(C)C)C2CC2)c1. The van der Waals surface area contributed by atoms with Gasteiger partial charge in [-0.05, 0) is 30.9 Å². The molecule has 1 fully saturated rings. The highest BCUT2D eigenvalue weighted by atomic mass is 16.5. The predicted octanol–water partition coefficient (Wildman–Crippen LogP) is 2.96. The molecule has 0 aliphatic heterocycles. The van der Waals surface area contributed by atoms with Gasteiger partial charge in [-0.1, -0.05) is 13.8 Å². The zero-order valence-corrected chi connectivity index (χ0v) is 12.7. The van der Waals surface area contributed by atoms with Crippen LogP contribution in [0.3, 0.4) is 0 Å². The summed E-state index contributed by atoms with van der Waals surface area (Å²) < 4.78 is 10.5. The average Bonchev–Trinajstić information content (AvgIpc) is 3.27. The highest BCUT2D eigenvalue weighted by Crippen LogP contribution is 2.31. The molecule has 1 aliphatic carbocycles. The Morgan fingerprint density at radius 2 is 1.75 bits per heavy atom. The van der Waals surface area contributed by atoms with E-state index in [1.807, 2.05) is 4.90 Å². The Labute approximate surface area is 120 Å². The zero-order valence-electron chi connectivity index (χ0n) is 12.7. The van der Waals surface area contributed by atoms with Gasteiger partial charge in [-0.3, -0.25) is 4.79 Å². The van der Waals surface area contributed by atoms with E-state index >= 15 is 0 Å². The topological polar surface area (TPSA) is 38.8 Å². The van der Waals surface area contributed by atoms with Crippen LogP contribution in [0.2, 0.25) is 0 Å². The average molecular weight is 277 g/mol. The summed E-state index contributed by atoms with van der Waals surface area (Å²) in [7, 11) is 3.19. The van der Waals surface area contributed by atoms with Gasteiger partial charge in [0, 0.05) is 24.2 Å². The van der Waals surface area contributed by atoms with Crippen molar-refractivity contribution >= 4 is 5.91 Å². The van der Waals surface area contributed by atoms with Gasteiger partial charge in [-0.25, -0.2) is 0 Å². The summed E-state index contributed by atoms with van der Waals surface area (Å²) in [6.45, 7) is 5.06. The third kappa shape index (κ3) is 3.44. The molecule has 20 heavy (non-hydrogen) atoms. The second-order valence-electron chi connectivity index (χ2n) is 5.68. The van der Waals surface area contributed by atoms with Gasteiger partial charge < -0.3 is 14.4 Å². The van der Waals surface area contributed by atoms with E-state index in [-0.39, 0.29) is 5.91 Å². The fourth-order valence-electron chi connectivity index (χ4n) is 2.27. The summed E-state index contributed by atoms with van der Waals surface area (Å²) in [6.07, 6.45) is 2.22. The van der Waals surface area contributed by atoms with Gasteiger partial charge in [-0.2, -0.15) is 0 Å². The lowest BCUT2D eigenvalue weighted by molar-refractivity contribution is 0.0721. The molecule has 4 nitrogen and oxygen atoms in total. The Hall–Kier alpha value is -1.71. The monoisotopic (exact) mass is 277 g/mol. The van der Waals surface area contributed by atoms with Crippen molar-refractivity contribution in [3.63, 3.8) is 0 Å². The maximum atomic E-state index is 12.7. The molecule has 0 heterocycles. The van der Waals surface area contributed by atoms with Gasteiger partial charge in [-0.15, -0.1) is 0 Å². The first kappa shape index (κ1) is 14.7. The van der Waals surface area contributed by atoms with E-state index in [4.69, 9.17) is 9.47 Å². The molecule has 0 radical (unpaired) electrons. The fraction of sp³-hybridized carbons (Fsp3) is 0.562. The van der Waals surface area contributed by atoms with Crippen LogP contribution >= 0.6 is 0 Å². The van der Waals surface area contributed by atoms with Crippen LogP contribution in [-0.2, 0) is 0 Å². The number of carbonyl (C=O) groups excluding carboxylic acids is 1. The molecule has 0 unspecified atom stereocenters. The lowest BCUT2D eigenvalue weighted by atomic mass is 10.1. The van der Waals surface area contributed by atoms with Crippen molar-refractivity contribution in [2.45, 2.75) is 32.7 Å². The highest BCUT2D eigenvalue weighted by molar-refractivity contribution is 5.95. The third-order valence-corrected chi connectivity index (χ3v) is 3.41. The molecule has 1 aliphatic rings. The Kier molecular flexibility index (Phi) is 4.53. The zero-order chi connectivity index (χ0) is 14.7. The first-order chi connectivity index (χ1) is 9.55. The van der Waals surface area contributed by atoms with Gasteiger partial charge in [0.05, 0.1) is 14.2 Å². The molecule has 0 N–H and O–H groups in total. The molecule has 1 aromatic carbocycles. The number of hydrogen-bond donors (Lipinski definition) is 0. The van der Waals surface area contributed by atoms with Crippen LogP contribution in [0.15, 0.2) is 18.2 Å². The summed E-state index contributed by atoms with van der Waals surface area (Å²) in [5.41, 5.74) is 0.633. The minimum atomic E-state index is 0.0680. The minimum absolute atomic E-state index is 0.0680. The summed E-state index contributed by atoms with van der Waals surface area (Å²) in [4.78, 5) is 14.7. The van der Waals surface area contributed by atoms with Crippen molar-refractivity contribution in [1.82, 2.24) is 4.90 Å². The van der Waals surface area contributed by atoms with E-state index in [0.717, 1.165) is 19.4 Å². The molecule has 0 saturated heterocycles. The number of rotatable bonds is 6. The predicted molar refractivity (Wildman–Crippen MR) is 78.4 cm³/mol. The molecular formula is C16H23NO3. The van der Waals surface area contributed by atoms with Crippen LogP contribution in [-0.4, -0.2) is 37.6 Å². The largest absolute Gasteiger partial charge is 0.497 e. The van der Waals surface area contributed by atoms with E-state index in [1.165, 1.54) is 0 Å². The second-order valence-corrected chi connectivity index (χ2v) is 5.68. The van der Waals surface area contributed by atoms with Crippen LogP contribution in [0.5, 0.6) is 11.5 Å². The summed E-state index contributed by atoms with van der Waals surface area (Å²) in [5, 5.41) is 0. The number of amides is 1. The van der Waals surface area contributed by atoms with Crippen LogP contribution in [0.4, 0.5) is 0 Å². The molecule has 1 amide bonds. The number of nitrogens with zero attached hydrogens (tertiary/aromatic N) is 1. The standard InChI is InChI=1S/C16H23NO3/c1-11(2)10-17(13-5-6-13)16(18)12-7-14(19-3)9-15(8-12)20-4/h7-9,11,13H,5-6,10H2,1-4H3. The number of hydrogen-bond acceptors (Lipinski definition) is 3. The number of methoxy groups -OCH3 is 2. The first-order valence-electron chi connectivity index (χ1n) is 7.09. The number of ether oxygens (including phenoxy) is 2. The first-order valence-corrected chi connectivity index (χ1v) is 7.09. The van der Waals surface area contributed by atoms with E-state index in [0.29, 0.717) is 29.0 Å². The van der Waals surface area contributed by atoms with E-state index in [9.17, 15) is 4.79 Å². The lowest BCUT2D eigenvalue weighted by Gasteiger charge is -2.25. The molecule has 1 aromatic rings. The van der Waals surface area contributed by atoms with Crippen molar-refractivity contribution in [1.29, 1.82) is 0 Å². The molecular weight excluding hydrogens is 254 g/mol. The maximum Gasteiger partial charge on any atom is 0.254 e. The van der Waals surface area contributed by atoms with Crippen molar-refractivity contribution in [2.75, 3.05) is 20.8 Å². The van der Waals surface area contributed by atoms with Gasteiger partial charge in [0.15, 0.2) is 0 Å². The Morgan fingerprint density at radius 3 is 2.15 bits per heavy atom. The highest BCUT2D eigenvalue weighted by Gasteiger charge is 2.33. The van der Waals surface area contributed by atoms with Crippen LogP contribution in [0.1, 0.15) is 37.0 Å². The molecule has 4 heteroatoms. The van der Waals surface area contributed by atoms with Gasteiger partial charge in [0.2, 0.25) is 0 Å². The summed E-state index contributed by atoms with van der Waals surface area (Å²) in [5.74, 6) is 1.83. The van der Waals surface area contributed by atoms with E-state index < -0.39 is 0 Å². The van der Waals surface area contributed by atoms with Crippen molar-refractivity contribution in [2.24, 2.45) is 5.92 Å². The normalized spacial score (nSPS) is 14.2. The minimum Gasteiger partial charge on any atom is -0.497 e. The van der Waals surface area contributed by atoms with Crippen LogP contribution in [0.25, 0.3) is 0 Å². The van der Waals surface area contributed by atoms with Gasteiger partial charge in [0.1, 0.15) is 11.5 Å². The van der Waals surface area contributed by atoms with Crippen LogP contribution < -0.4 is 9.47 Å². The van der Waals surface area contributed by atoms with Crippen molar-refractivity contribution in [3.05, 3.63) is 23.8 Å². The number of benzene rings is 1. The summed E-state index contributed by atoms with van der Waals surface area (Å²) >= 11 is 0. The van der Waals surface area contributed by atoms with Crippen LogP contribution in [0, 0.1) is 5.92 Å². The van der Waals surface area contributed by atoms with Crippen molar-refractivity contribution < 1.29 is 14.3 Å². The van der Waals surface area contributed by atoms with Crippen molar-refractivity contribution in [3.8, 4) is 11.5 Å². The Balaban J connectivity index is 2.25. The molecule has 1 saturated carbocycles. The van der Waals surface area contributed by atoms with E-state index in [1.54, 1.807) is 32.4 Å². The van der Waals surface area contributed by atoms with E-state index in [2.05, 4.69) is 13.8 Å². The third-order valence-electron chi connectivity index (χ3n) is 3.41.